The maximum atomic E-state index is 15.0. The second-order valence-corrected chi connectivity index (χ2v) is 9.42. The van der Waals surface area contributed by atoms with Crippen molar-refractivity contribution in [2.24, 2.45) is 5.73 Å². The van der Waals surface area contributed by atoms with Crippen LogP contribution in [-0.2, 0) is 9.53 Å². The van der Waals surface area contributed by atoms with E-state index in [0.29, 0.717) is 17.1 Å². The molecule has 1 saturated carbocycles. The van der Waals surface area contributed by atoms with E-state index < -0.39 is 42.9 Å². The Morgan fingerprint density at radius 3 is 2.72 bits per heavy atom. The van der Waals surface area contributed by atoms with E-state index in [0.717, 1.165) is 18.9 Å². The lowest BCUT2D eigenvalue weighted by atomic mass is 10.1. The zero-order valence-corrected chi connectivity index (χ0v) is 21.0. The van der Waals surface area contributed by atoms with Crippen molar-refractivity contribution in [2.75, 3.05) is 25.5 Å². The van der Waals surface area contributed by atoms with Gasteiger partial charge in [0.05, 0.1) is 41.6 Å². The zero-order chi connectivity index (χ0) is 27.8. The smallest absolute Gasteiger partial charge is 0.345 e. The lowest BCUT2D eigenvalue weighted by Gasteiger charge is -2.22. The number of primary amides is 1. The van der Waals surface area contributed by atoms with Crippen molar-refractivity contribution >= 4 is 28.7 Å². The molecule has 2 atom stereocenters. The van der Waals surface area contributed by atoms with Crippen LogP contribution in [0.25, 0.3) is 11.0 Å². The average molecular weight is 542 g/mol. The van der Waals surface area contributed by atoms with Crippen molar-refractivity contribution in [1.82, 2.24) is 24.2 Å². The Bertz CT molecular complexity index is 1520. The Kier molecular flexibility index (Phi) is 7.05. The van der Waals surface area contributed by atoms with Gasteiger partial charge in [-0.1, -0.05) is 12.5 Å². The van der Waals surface area contributed by atoms with Gasteiger partial charge >= 0.3 is 6.61 Å². The molecule has 204 valence electrons. The summed E-state index contributed by atoms with van der Waals surface area (Å²) < 4.78 is 48.2. The number of carbonyl (C=O) groups excluding carboxylic acids is 2. The molecule has 3 heterocycles. The largest absolute Gasteiger partial charge is 0.373 e. The molecule has 1 saturated heterocycles. The third-order valence-corrected chi connectivity index (χ3v) is 6.92. The van der Waals surface area contributed by atoms with Crippen LogP contribution >= 0.6 is 0 Å². The Morgan fingerprint density at radius 1 is 1.31 bits per heavy atom. The summed E-state index contributed by atoms with van der Waals surface area (Å²) in [6.45, 7) is 0.181. The second-order valence-electron chi connectivity index (χ2n) is 9.42. The number of nitrogens with zero attached hydrogens (tertiary/aromatic N) is 5. The number of aromatic nitrogens is 4. The summed E-state index contributed by atoms with van der Waals surface area (Å²) in [6, 6.07) is 2.08. The van der Waals surface area contributed by atoms with Crippen LogP contribution in [0.3, 0.4) is 0 Å². The van der Waals surface area contributed by atoms with Crippen LogP contribution in [0.15, 0.2) is 31.1 Å². The number of anilines is 1. The third kappa shape index (κ3) is 5.07. The predicted molar refractivity (Wildman–Crippen MR) is 136 cm³/mol. The van der Waals surface area contributed by atoms with Crippen molar-refractivity contribution < 1.29 is 27.5 Å². The first-order chi connectivity index (χ1) is 18.7. The minimum absolute atomic E-state index is 0.00346. The molecular weight excluding hydrogens is 515 g/mol. The Balaban J connectivity index is 1.49. The van der Waals surface area contributed by atoms with Gasteiger partial charge < -0.3 is 25.3 Å². The SMILES string of the molecule is C=CC(=O)N1C[C@@H](n2nc(C#Cc3cc4ncn(C5CC5)c4cc3F)c(C(N)=O)c2NC)C[C@@H]1COC(F)F. The average Bonchev–Trinajstić information content (AvgIpc) is 3.36. The molecule has 0 spiro atoms. The highest BCUT2D eigenvalue weighted by Gasteiger charge is 2.38. The zero-order valence-electron chi connectivity index (χ0n) is 21.0. The number of hydrogen-bond acceptors (Lipinski definition) is 6. The number of imidazole rings is 1. The summed E-state index contributed by atoms with van der Waals surface area (Å²) >= 11 is 0. The van der Waals surface area contributed by atoms with Gasteiger partial charge in [-0.05, 0) is 37.3 Å². The maximum Gasteiger partial charge on any atom is 0.345 e. The molecule has 2 fully saturated rings. The van der Waals surface area contributed by atoms with Gasteiger partial charge in [-0.2, -0.15) is 13.9 Å². The van der Waals surface area contributed by atoms with Crippen molar-refractivity contribution in [3.63, 3.8) is 0 Å². The summed E-state index contributed by atoms with van der Waals surface area (Å²) in [5.74, 6) is 3.92. The van der Waals surface area contributed by atoms with Crippen molar-refractivity contribution in [2.45, 2.75) is 44.0 Å². The Hall–Kier alpha value is -4.31. The number of ether oxygens (including phenoxy) is 1. The molecule has 10 nitrogen and oxygen atoms in total. The van der Waals surface area contributed by atoms with E-state index in [1.54, 1.807) is 19.4 Å². The van der Waals surface area contributed by atoms with Crippen LogP contribution in [0.4, 0.5) is 19.0 Å². The lowest BCUT2D eigenvalue weighted by molar-refractivity contribution is -0.146. The van der Waals surface area contributed by atoms with Crippen LogP contribution in [0, 0.1) is 17.7 Å². The van der Waals surface area contributed by atoms with Gasteiger partial charge in [0.15, 0.2) is 5.69 Å². The van der Waals surface area contributed by atoms with Gasteiger partial charge in [0.2, 0.25) is 5.91 Å². The fraction of sp³-hybridized carbons (Fsp3) is 0.385. The van der Waals surface area contributed by atoms with Gasteiger partial charge in [0, 0.05) is 25.7 Å². The molecule has 2 aliphatic rings. The molecule has 0 bridgehead atoms. The predicted octanol–water partition coefficient (Wildman–Crippen LogP) is 2.81. The standard InChI is InChI=1S/C26H26F3N7O3/c1-3-22(37)34-11-16(9-17(34)12-39-26(28)29)36-25(31-2)23(24(30)38)19(33-36)7-4-14-8-20-21(10-18(14)27)35(13-32-20)15-5-6-15/h3,8,10,13,15-17,26,31H,1,5-6,9,11-12H2,2H3,(H2,30,38)/t16-,17+/m0/s1. The number of fused-ring (bicyclic) bond motifs is 1. The van der Waals surface area contributed by atoms with Crippen LogP contribution in [0.2, 0.25) is 0 Å². The minimum atomic E-state index is -2.99. The first kappa shape index (κ1) is 26.3. The van der Waals surface area contributed by atoms with E-state index in [2.05, 4.69) is 38.6 Å². The molecule has 1 aromatic carbocycles. The molecule has 2 aromatic heterocycles. The third-order valence-electron chi connectivity index (χ3n) is 6.92. The normalized spacial score (nSPS) is 18.8. The number of benzene rings is 1. The number of nitrogens with one attached hydrogen (secondary N) is 1. The fourth-order valence-corrected chi connectivity index (χ4v) is 4.97. The number of alkyl halides is 2. The Morgan fingerprint density at radius 2 is 2.08 bits per heavy atom. The number of nitrogens with two attached hydrogens (primary N) is 1. The van der Waals surface area contributed by atoms with E-state index >= 15 is 0 Å². The van der Waals surface area contributed by atoms with E-state index in [9.17, 15) is 22.8 Å². The molecular formula is C26H26F3N7O3. The van der Waals surface area contributed by atoms with Crippen LogP contribution in [0.1, 0.15) is 53.0 Å². The molecule has 1 aliphatic carbocycles. The number of amides is 2. The van der Waals surface area contributed by atoms with Gasteiger partial charge in [0.25, 0.3) is 5.91 Å². The first-order valence-corrected chi connectivity index (χ1v) is 12.3. The van der Waals surface area contributed by atoms with E-state index in [4.69, 9.17) is 5.73 Å². The topological polar surface area (TPSA) is 120 Å². The molecule has 3 N–H and O–H groups in total. The van der Waals surface area contributed by atoms with Gasteiger partial charge in [-0.25, -0.2) is 14.1 Å². The van der Waals surface area contributed by atoms with Gasteiger partial charge in [-0.15, -0.1) is 0 Å². The maximum absolute atomic E-state index is 15.0. The highest BCUT2D eigenvalue weighted by atomic mass is 19.3. The van der Waals surface area contributed by atoms with Crippen molar-refractivity contribution in [1.29, 1.82) is 0 Å². The van der Waals surface area contributed by atoms with Crippen LogP contribution in [-0.4, -0.2) is 68.9 Å². The molecule has 0 radical (unpaired) electrons. The lowest BCUT2D eigenvalue weighted by Crippen LogP contribution is -2.37. The summed E-state index contributed by atoms with van der Waals surface area (Å²) in [5, 5.41) is 7.35. The van der Waals surface area contributed by atoms with Crippen molar-refractivity contribution in [3.05, 3.63) is 53.8 Å². The van der Waals surface area contributed by atoms with E-state index in [1.807, 2.05) is 4.57 Å². The molecule has 13 heteroatoms. The molecule has 39 heavy (non-hydrogen) atoms. The quantitative estimate of drug-likeness (QED) is 0.334. The fourth-order valence-electron chi connectivity index (χ4n) is 4.97. The summed E-state index contributed by atoms with van der Waals surface area (Å²) in [7, 11) is 1.56. The number of hydrogen-bond donors (Lipinski definition) is 2. The Labute approximate surface area is 221 Å². The second kappa shape index (κ2) is 10.5. The molecule has 0 unspecified atom stereocenters. The molecule has 1 aliphatic heterocycles. The summed E-state index contributed by atoms with van der Waals surface area (Å²) in [6.07, 6.45) is 5.04. The van der Waals surface area contributed by atoms with Crippen molar-refractivity contribution in [3.8, 4) is 11.8 Å². The van der Waals surface area contributed by atoms with Gasteiger partial charge in [0.1, 0.15) is 17.2 Å². The van der Waals surface area contributed by atoms with Crippen LogP contribution < -0.4 is 11.1 Å². The van der Waals surface area contributed by atoms with Crippen LogP contribution in [0.5, 0.6) is 0 Å². The summed E-state index contributed by atoms with van der Waals surface area (Å²) in [4.78, 5) is 30.5. The number of likely N-dealkylation sites (tertiary alicyclic amines) is 1. The summed E-state index contributed by atoms with van der Waals surface area (Å²) in [5.41, 5.74) is 7.00. The number of rotatable bonds is 8. The highest BCUT2D eigenvalue weighted by Crippen LogP contribution is 2.37. The number of carbonyl (C=O) groups is 2. The van der Waals surface area contributed by atoms with E-state index in [-0.39, 0.29) is 35.6 Å². The number of halogens is 3. The molecule has 5 rings (SSSR count). The molecule has 2 amide bonds. The highest BCUT2D eigenvalue weighted by molar-refractivity contribution is 6.00. The van der Waals surface area contributed by atoms with E-state index in [1.165, 1.54) is 15.6 Å². The van der Waals surface area contributed by atoms with Gasteiger partial charge in [-0.3, -0.25) is 9.59 Å². The molecule has 3 aromatic rings. The monoisotopic (exact) mass is 541 g/mol. The minimum Gasteiger partial charge on any atom is -0.373 e. The first-order valence-electron chi connectivity index (χ1n) is 12.3.